The van der Waals surface area contributed by atoms with Crippen LogP contribution in [0.5, 0.6) is 0 Å². The van der Waals surface area contributed by atoms with Crippen molar-refractivity contribution in [3.8, 4) is 11.3 Å². The van der Waals surface area contributed by atoms with Gasteiger partial charge in [-0.3, -0.25) is 4.98 Å². The van der Waals surface area contributed by atoms with E-state index in [1.165, 1.54) is 21.9 Å². The highest BCUT2D eigenvalue weighted by atomic mass is 14.9. The van der Waals surface area contributed by atoms with Gasteiger partial charge in [0.05, 0.1) is 5.69 Å². The molecule has 0 saturated carbocycles. The van der Waals surface area contributed by atoms with Crippen molar-refractivity contribution >= 4 is 22.1 Å². The van der Waals surface area contributed by atoms with Crippen molar-refractivity contribution in [3.05, 3.63) is 90.1 Å². The highest BCUT2D eigenvalue weighted by molar-refractivity contribution is 6.09. The van der Waals surface area contributed by atoms with Crippen LogP contribution in [0.25, 0.3) is 22.0 Å². The maximum atomic E-state index is 5.03. The lowest BCUT2D eigenvalue weighted by Gasteiger charge is -2.22. The average molecular weight is 308 g/mol. The fourth-order valence-corrected chi connectivity index (χ4v) is 3.50. The first kappa shape index (κ1) is 13.3. The summed E-state index contributed by atoms with van der Waals surface area (Å²) in [6, 6.07) is 27.5. The van der Waals surface area contributed by atoms with Gasteiger partial charge in [0.15, 0.2) is 0 Å². The number of nitrogens with one attached hydrogen (secondary N) is 1. The van der Waals surface area contributed by atoms with Gasteiger partial charge in [0.2, 0.25) is 0 Å². The molecule has 1 aliphatic rings. The molecular formula is C22H16N2. The number of anilines is 2. The molecule has 3 aromatic carbocycles. The van der Waals surface area contributed by atoms with Gasteiger partial charge in [-0.1, -0.05) is 60.7 Å². The summed E-state index contributed by atoms with van der Waals surface area (Å²) in [5.41, 5.74) is 6.92. The predicted octanol–water partition coefficient (Wildman–Crippen LogP) is 5.55. The molecule has 114 valence electrons. The van der Waals surface area contributed by atoms with E-state index in [1.807, 2.05) is 0 Å². The average Bonchev–Trinajstić information content (AvgIpc) is 2.63. The van der Waals surface area contributed by atoms with E-state index in [2.05, 4.69) is 84.2 Å². The molecule has 0 bridgehead atoms. The highest BCUT2D eigenvalue weighted by Gasteiger charge is 2.19. The molecule has 2 heteroatoms. The fourth-order valence-electron chi connectivity index (χ4n) is 3.50. The first-order chi connectivity index (χ1) is 11.9. The Hall–Kier alpha value is -3.13. The molecule has 24 heavy (non-hydrogen) atoms. The first-order valence-electron chi connectivity index (χ1n) is 8.21. The summed E-state index contributed by atoms with van der Waals surface area (Å²) in [4.78, 5) is 5.03. The van der Waals surface area contributed by atoms with Crippen LogP contribution in [-0.4, -0.2) is 4.98 Å². The SMILES string of the molecule is c1ccc(Cc2cc3cccc4c3c(n2)-c2ccccc2N4)cc1. The van der Waals surface area contributed by atoms with Crippen molar-refractivity contribution in [1.82, 2.24) is 4.98 Å². The van der Waals surface area contributed by atoms with E-state index in [0.717, 1.165) is 29.2 Å². The first-order valence-corrected chi connectivity index (χ1v) is 8.21. The largest absolute Gasteiger partial charge is 0.354 e. The molecule has 0 atom stereocenters. The Labute approximate surface area is 140 Å². The van der Waals surface area contributed by atoms with Gasteiger partial charge >= 0.3 is 0 Å². The summed E-state index contributed by atoms with van der Waals surface area (Å²) in [5, 5.41) is 5.99. The van der Waals surface area contributed by atoms with Gasteiger partial charge in [-0.25, -0.2) is 0 Å². The van der Waals surface area contributed by atoms with Crippen molar-refractivity contribution in [3.63, 3.8) is 0 Å². The van der Waals surface area contributed by atoms with E-state index in [9.17, 15) is 0 Å². The molecular weight excluding hydrogens is 292 g/mol. The Morgan fingerprint density at radius 2 is 1.54 bits per heavy atom. The fraction of sp³-hybridized carbons (Fsp3) is 0.0455. The number of para-hydroxylation sites is 1. The van der Waals surface area contributed by atoms with Crippen molar-refractivity contribution in [1.29, 1.82) is 0 Å². The number of hydrogen-bond acceptors (Lipinski definition) is 2. The second-order valence-electron chi connectivity index (χ2n) is 6.20. The van der Waals surface area contributed by atoms with Crippen LogP contribution >= 0.6 is 0 Å². The number of rotatable bonds is 2. The van der Waals surface area contributed by atoms with E-state index < -0.39 is 0 Å². The van der Waals surface area contributed by atoms with Gasteiger partial charge in [0, 0.05) is 34.4 Å². The molecule has 5 rings (SSSR count). The molecule has 0 saturated heterocycles. The Bertz CT molecular complexity index is 1050. The Morgan fingerprint density at radius 3 is 2.46 bits per heavy atom. The zero-order valence-corrected chi connectivity index (χ0v) is 13.2. The lowest BCUT2D eigenvalue weighted by Crippen LogP contribution is -2.04. The van der Waals surface area contributed by atoms with E-state index in [-0.39, 0.29) is 0 Å². The van der Waals surface area contributed by atoms with Crippen LogP contribution in [0.4, 0.5) is 11.4 Å². The number of hydrogen-bond donors (Lipinski definition) is 1. The summed E-state index contributed by atoms with van der Waals surface area (Å²) in [6.45, 7) is 0. The van der Waals surface area contributed by atoms with Crippen molar-refractivity contribution < 1.29 is 0 Å². The molecule has 0 radical (unpaired) electrons. The molecule has 1 N–H and O–H groups in total. The quantitative estimate of drug-likeness (QED) is 0.462. The van der Waals surface area contributed by atoms with Gasteiger partial charge in [0.25, 0.3) is 0 Å². The normalized spacial score (nSPS) is 11.8. The minimum atomic E-state index is 0.851. The number of pyridine rings is 1. The van der Waals surface area contributed by atoms with Gasteiger partial charge < -0.3 is 5.32 Å². The molecule has 1 aliphatic heterocycles. The van der Waals surface area contributed by atoms with Gasteiger partial charge in [-0.2, -0.15) is 0 Å². The highest BCUT2D eigenvalue weighted by Crippen LogP contribution is 2.42. The zero-order valence-electron chi connectivity index (χ0n) is 13.2. The maximum Gasteiger partial charge on any atom is 0.0825 e. The molecule has 2 nitrogen and oxygen atoms in total. The van der Waals surface area contributed by atoms with Crippen LogP contribution in [0.15, 0.2) is 78.9 Å². The minimum absolute atomic E-state index is 0.851. The lowest BCUT2D eigenvalue weighted by atomic mass is 9.95. The van der Waals surface area contributed by atoms with Crippen LogP contribution in [0.1, 0.15) is 11.3 Å². The number of fused-ring (bicyclic) bond motifs is 2. The summed E-state index contributed by atoms with van der Waals surface area (Å²) in [7, 11) is 0. The molecule has 0 fully saturated rings. The van der Waals surface area contributed by atoms with Crippen LogP contribution in [0.2, 0.25) is 0 Å². The summed E-state index contributed by atoms with van der Waals surface area (Å²) < 4.78 is 0. The van der Waals surface area contributed by atoms with Crippen molar-refractivity contribution in [2.45, 2.75) is 6.42 Å². The Morgan fingerprint density at radius 1 is 0.750 bits per heavy atom. The van der Waals surface area contributed by atoms with Crippen LogP contribution in [0, 0.1) is 0 Å². The van der Waals surface area contributed by atoms with E-state index >= 15 is 0 Å². The van der Waals surface area contributed by atoms with Crippen LogP contribution in [0.3, 0.4) is 0 Å². The van der Waals surface area contributed by atoms with E-state index in [4.69, 9.17) is 4.98 Å². The zero-order chi connectivity index (χ0) is 15.9. The van der Waals surface area contributed by atoms with E-state index in [0.29, 0.717) is 0 Å². The number of aromatic nitrogens is 1. The lowest BCUT2D eigenvalue weighted by molar-refractivity contribution is 1.09. The summed E-state index contributed by atoms with van der Waals surface area (Å²) >= 11 is 0. The third kappa shape index (κ3) is 2.08. The number of benzene rings is 3. The summed E-state index contributed by atoms with van der Waals surface area (Å²) in [5.74, 6) is 0. The van der Waals surface area contributed by atoms with Crippen molar-refractivity contribution in [2.75, 3.05) is 5.32 Å². The third-order valence-electron chi connectivity index (χ3n) is 4.59. The maximum absolute atomic E-state index is 5.03. The Kier molecular flexibility index (Phi) is 2.89. The van der Waals surface area contributed by atoms with Crippen LogP contribution < -0.4 is 5.32 Å². The number of nitrogens with zero attached hydrogens (tertiary/aromatic N) is 1. The smallest absolute Gasteiger partial charge is 0.0825 e. The molecule has 4 aromatic rings. The van der Waals surface area contributed by atoms with Crippen LogP contribution in [-0.2, 0) is 6.42 Å². The van der Waals surface area contributed by atoms with Crippen molar-refractivity contribution in [2.24, 2.45) is 0 Å². The third-order valence-corrected chi connectivity index (χ3v) is 4.59. The van der Waals surface area contributed by atoms with E-state index in [1.54, 1.807) is 0 Å². The van der Waals surface area contributed by atoms with Gasteiger partial charge in [-0.05, 0) is 29.1 Å². The van der Waals surface area contributed by atoms with Gasteiger partial charge in [0.1, 0.15) is 0 Å². The predicted molar refractivity (Wildman–Crippen MR) is 99.7 cm³/mol. The molecule has 0 aliphatic carbocycles. The molecule has 2 heterocycles. The molecule has 0 unspecified atom stereocenters. The van der Waals surface area contributed by atoms with Gasteiger partial charge in [-0.15, -0.1) is 0 Å². The standard InChI is InChI=1S/C22H16N2/c1-2-7-15(8-3-1)13-17-14-16-9-6-12-20-21(16)22(23-17)18-10-4-5-11-19(18)24-20/h1-12,14,24H,13H2. The molecule has 0 amide bonds. The monoisotopic (exact) mass is 308 g/mol. The second-order valence-corrected chi connectivity index (χ2v) is 6.20. The second kappa shape index (κ2) is 5.20. The Balaban J connectivity index is 1.74. The minimum Gasteiger partial charge on any atom is -0.354 e. The molecule has 1 aromatic heterocycles. The molecule has 0 spiro atoms. The summed E-state index contributed by atoms with van der Waals surface area (Å²) in [6.07, 6.45) is 0.851. The topological polar surface area (TPSA) is 24.9 Å².